The number of ether oxygens (including phenoxy) is 1. The van der Waals surface area contributed by atoms with Gasteiger partial charge in [-0.25, -0.2) is 4.57 Å². The monoisotopic (exact) mass is 244 g/mol. The van der Waals surface area contributed by atoms with E-state index in [9.17, 15) is 14.8 Å². The molecule has 0 aromatic heterocycles. The van der Waals surface area contributed by atoms with Crippen molar-refractivity contribution in [3.8, 4) is 0 Å². The SMILES string of the molecule is O=P(O)(O)O[C@@H]1C[C@@H](O)[C@@H](O)[C@@H](CO)O1. The van der Waals surface area contributed by atoms with Crippen LogP contribution in [0.2, 0.25) is 0 Å². The number of phosphoric acid groups is 1. The van der Waals surface area contributed by atoms with Crippen molar-refractivity contribution in [1.29, 1.82) is 0 Å². The van der Waals surface area contributed by atoms with E-state index in [0.29, 0.717) is 0 Å². The summed E-state index contributed by atoms with van der Waals surface area (Å²) in [6.07, 6.45) is -5.30. The number of hydrogen-bond acceptors (Lipinski definition) is 6. The molecule has 5 N–H and O–H groups in total. The Labute approximate surface area is 85.3 Å². The highest BCUT2D eigenvalue weighted by molar-refractivity contribution is 7.46. The molecule has 4 atom stereocenters. The van der Waals surface area contributed by atoms with E-state index in [1.54, 1.807) is 0 Å². The Balaban J connectivity index is 2.59. The van der Waals surface area contributed by atoms with E-state index in [4.69, 9.17) is 19.6 Å². The van der Waals surface area contributed by atoms with Crippen molar-refractivity contribution < 1.29 is 38.9 Å². The summed E-state index contributed by atoms with van der Waals surface area (Å²) in [5, 5.41) is 27.3. The van der Waals surface area contributed by atoms with E-state index in [1.165, 1.54) is 0 Å². The van der Waals surface area contributed by atoms with Crippen molar-refractivity contribution in [2.24, 2.45) is 0 Å². The minimum atomic E-state index is -4.72. The molecule has 1 saturated heterocycles. The number of phosphoric ester groups is 1. The normalized spacial score (nSPS) is 37.9. The van der Waals surface area contributed by atoms with Crippen molar-refractivity contribution in [3.05, 3.63) is 0 Å². The zero-order valence-corrected chi connectivity index (χ0v) is 8.53. The van der Waals surface area contributed by atoms with Gasteiger partial charge in [-0.05, 0) is 0 Å². The molecule has 90 valence electrons. The molecule has 15 heavy (non-hydrogen) atoms. The van der Waals surface area contributed by atoms with Gasteiger partial charge in [0.15, 0.2) is 6.29 Å². The fourth-order valence-corrected chi connectivity index (χ4v) is 1.73. The van der Waals surface area contributed by atoms with Crippen LogP contribution in [0, 0.1) is 0 Å². The molecule has 1 fully saturated rings. The molecule has 1 rings (SSSR count). The van der Waals surface area contributed by atoms with Gasteiger partial charge >= 0.3 is 7.82 Å². The number of hydrogen-bond donors (Lipinski definition) is 5. The van der Waals surface area contributed by atoms with E-state index in [2.05, 4.69) is 4.52 Å². The third kappa shape index (κ3) is 3.78. The first-order chi connectivity index (χ1) is 6.83. The van der Waals surface area contributed by atoms with Gasteiger partial charge in [-0.15, -0.1) is 0 Å². The molecule has 0 aliphatic carbocycles. The van der Waals surface area contributed by atoms with Crippen LogP contribution in [0.3, 0.4) is 0 Å². The van der Waals surface area contributed by atoms with Gasteiger partial charge in [0.2, 0.25) is 0 Å². The van der Waals surface area contributed by atoms with Crippen molar-refractivity contribution in [1.82, 2.24) is 0 Å². The molecule has 1 aliphatic heterocycles. The lowest BCUT2D eigenvalue weighted by Crippen LogP contribution is -2.50. The summed E-state index contributed by atoms with van der Waals surface area (Å²) in [6.45, 7) is -0.584. The highest BCUT2D eigenvalue weighted by Crippen LogP contribution is 2.40. The zero-order valence-electron chi connectivity index (χ0n) is 7.63. The maximum absolute atomic E-state index is 10.5. The molecule has 0 saturated carbocycles. The van der Waals surface area contributed by atoms with Crippen molar-refractivity contribution in [2.75, 3.05) is 6.61 Å². The fraction of sp³-hybridized carbons (Fsp3) is 1.00. The van der Waals surface area contributed by atoms with Crippen molar-refractivity contribution >= 4 is 7.82 Å². The minimum Gasteiger partial charge on any atom is -0.394 e. The summed E-state index contributed by atoms with van der Waals surface area (Å²) in [6, 6.07) is 0. The number of rotatable bonds is 3. The Morgan fingerprint density at radius 3 is 2.47 bits per heavy atom. The molecule has 1 aliphatic rings. The van der Waals surface area contributed by atoms with Gasteiger partial charge in [0.05, 0.1) is 12.7 Å². The van der Waals surface area contributed by atoms with E-state index in [-0.39, 0.29) is 6.42 Å². The molecular weight excluding hydrogens is 231 g/mol. The first-order valence-corrected chi connectivity index (χ1v) is 5.73. The highest BCUT2D eigenvalue weighted by Gasteiger charge is 2.39. The second-order valence-electron chi connectivity index (χ2n) is 3.18. The largest absolute Gasteiger partial charge is 0.471 e. The Bertz CT molecular complexity index is 252. The summed E-state index contributed by atoms with van der Waals surface area (Å²) in [5.41, 5.74) is 0. The molecule has 0 radical (unpaired) electrons. The molecule has 0 amide bonds. The van der Waals surface area contributed by atoms with Crippen LogP contribution in [0.25, 0.3) is 0 Å². The van der Waals surface area contributed by atoms with Crippen LogP contribution < -0.4 is 0 Å². The van der Waals surface area contributed by atoms with E-state index in [1.807, 2.05) is 0 Å². The predicted octanol–water partition coefficient (Wildman–Crippen LogP) is -2.08. The summed E-state index contributed by atoms with van der Waals surface area (Å²) < 4.78 is 19.5. The van der Waals surface area contributed by atoms with Gasteiger partial charge in [0.1, 0.15) is 12.2 Å². The van der Waals surface area contributed by atoms with Crippen LogP contribution >= 0.6 is 7.82 Å². The van der Waals surface area contributed by atoms with Crippen LogP contribution in [0.15, 0.2) is 0 Å². The summed E-state index contributed by atoms with van der Waals surface area (Å²) in [7, 11) is -4.72. The van der Waals surface area contributed by atoms with Crippen molar-refractivity contribution in [2.45, 2.75) is 31.0 Å². The Morgan fingerprint density at radius 2 is 2.00 bits per heavy atom. The van der Waals surface area contributed by atoms with Crippen molar-refractivity contribution in [3.63, 3.8) is 0 Å². The number of aliphatic hydroxyl groups is 3. The predicted molar refractivity (Wildman–Crippen MR) is 45.5 cm³/mol. The lowest BCUT2D eigenvalue weighted by molar-refractivity contribution is -0.233. The topological polar surface area (TPSA) is 137 Å². The average Bonchev–Trinajstić information content (AvgIpc) is 2.08. The second-order valence-corrected chi connectivity index (χ2v) is 4.37. The van der Waals surface area contributed by atoms with Gasteiger partial charge in [0, 0.05) is 6.42 Å². The van der Waals surface area contributed by atoms with E-state index < -0.39 is 39.0 Å². The Kier molecular flexibility index (Phi) is 4.21. The van der Waals surface area contributed by atoms with Crippen LogP contribution in [0.4, 0.5) is 0 Å². The van der Waals surface area contributed by atoms with Crippen LogP contribution in [0.1, 0.15) is 6.42 Å². The first-order valence-electron chi connectivity index (χ1n) is 4.20. The van der Waals surface area contributed by atoms with Gasteiger partial charge in [-0.1, -0.05) is 0 Å². The highest BCUT2D eigenvalue weighted by atomic mass is 31.2. The second kappa shape index (κ2) is 4.86. The van der Waals surface area contributed by atoms with E-state index in [0.717, 1.165) is 0 Å². The summed E-state index contributed by atoms with van der Waals surface area (Å²) >= 11 is 0. The molecule has 0 aromatic carbocycles. The van der Waals surface area contributed by atoms with E-state index >= 15 is 0 Å². The third-order valence-corrected chi connectivity index (χ3v) is 2.48. The van der Waals surface area contributed by atoms with Crippen LogP contribution in [-0.2, 0) is 13.8 Å². The van der Waals surface area contributed by atoms with Crippen LogP contribution in [-0.4, -0.2) is 56.3 Å². The Hall–Kier alpha value is -0.0500. The Morgan fingerprint density at radius 1 is 1.40 bits per heavy atom. The molecule has 1 heterocycles. The summed E-state index contributed by atoms with van der Waals surface area (Å²) in [4.78, 5) is 17.0. The quantitative estimate of drug-likeness (QED) is 0.357. The number of aliphatic hydroxyl groups excluding tert-OH is 3. The zero-order chi connectivity index (χ0) is 11.6. The van der Waals surface area contributed by atoms with Gasteiger partial charge in [-0.3, -0.25) is 4.52 Å². The molecule has 0 bridgehead atoms. The maximum atomic E-state index is 10.5. The standard InChI is InChI=1S/C6H13O8P/c7-2-4-6(9)3(8)1-5(13-4)14-15(10,11)12/h3-9H,1-2H2,(H2,10,11,12)/t3-,4-,5-,6-/m1/s1. The fourth-order valence-electron chi connectivity index (χ4n) is 1.29. The van der Waals surface area contributed by atoms with Gasteiger partial charge in [-0.2, -0.15) is 0 Å². The average molecular weight is 244 g/mol. The maximum Gasteiger partial charge on any atom is 0.471 e. The molecule has 0 aromatic rings. The molecule has 0 unspecified atom stereocenters. The minimum absolute atomic E-state index is 0.275. The van der Waals surface area contributed by atoms with Gasteiger partial charge in [0.25, 0.3) is 0 Å². The lowest BCUT2D eigenvalue weighted by Gasteiger charge is -2.35. The first kappa shape index (κ1) is 13.0. The molecule has 0 spiro atoms. The molecule has 8 nitrogen and oxygen atoms in total. The van der Waals surface area contributed by atoms with Gasteiger partial charge < -0.3 is 29.8 Å². The third-order valence-electron chi connectivity index (χ3n) is 1.97. The smallest absolute Gasteiger partial charge is 0.394 e. The van der Waals surface area contributed by atoms with Crippen LogP contribution in [0.5, 0.6) is 0 Å². The summed E-state index contributed by atoms with van der Waals surface area (Å²) in [5.74, 6) is 0. The lowest BCUT2D eigenvalue weighted by atomic mass is 10.0. The molecular formula is C6H13O8P. The molecule has 9 heteroatoms.